The fraction of sp³-hybridized carbons (Fsp3) is 0.136. The molecule has 0 aliphatic carbocycles. The second-order valence-corrected chi connectivity index (χ2v) is 7.01. The molecule has 0 radical (unpaired) electrons. The highest BCUT2D eigenvalue weighted by atomic mass is 35.5. The number of ether oxygens (including phenoxy) is 1. The molecule has 1 heterocycles. The van der Waals surface area contributed by atoms with Gasteiger partial charge in [0.1, 0.15) is 17.1 Å². The lowest BCUT2D eigenvalue weighted by atomic mass is 10.2. The number of amides is 2. The average Bonchev–Trinajstić information content (AvgIpc) is 2.71. The van der Waals surface area contributed by atoms with Gasteiger partial charge < -0.3 is 19.9 Å². The maximum absolute atomic E-state index is 14.1. The number of benzene rings is 2. The molecule has 1 aromatic heterocycles. The van der Waals surface area contributed by atoms with Gasteiger partial charge in [-0.15, -0.1) is 0 Å². The molecule has 9 heteroatoms. The van der Waals surface area contributed by atoms with Crippen LogP contribution in [0.1, 0.15) is 22.8 Å². The molecule has 2 aromatic carbocycles. The van der Waals surface area contributed by atoms with E-state index in [-0.39, 0.29) is 34.3 Å². The van der Waals surface area contributed by atoms with E-state index < -0.39 is 17.3 Å². The number of rotatable bonds is 6. The molecular formula is C22H19ClFN3O4. The van der Waals surface area contributed by atoms with Gasteiger partial charge in [-0.25, -0.2) is 4.39 Å². The maximum atomic E-state index is 14.1. The van der Waals surface area contributed by atoms with Crippen LogP contribution in [-0.2, 0) is 11.3 Å². The number of nitrogens with zero attached hydrogens (tertiary/aromatic N) is 1. The van der Waals surface area contributed by atoms with E-state index in [1.54, 1.807) is 12.1 Å². The third kappa shape index (κ3) is 5.10. The Kier molecular flexibility index (Phi) is 6.71. The fourth-order valence-electron chi connectivity index (χ4n) is 2.96. The van der Waals surface area contributed by atoms with Crippen molar-refractivity contribution in [2.24, 2.45) is 0 Å². The molecule has 2 N–H and O–H groups in total. The molecule has 0 unspecified atom stereocenters. The van der Waals surface area contributed by atoms with Crippen molar-refractivity contribution >= 4 is 34.8 Å². The van der Waals surface area contributed by atoms with E-state index >= 15 is 0 Å². The summed E-state index contributed by atoms with van der Waals surface area (Å²) in [5.41, 5.74) is 0.0979. The third-order valence-corrected chi connectivity index (χ3v) is 4.78. The number of methoxy groups -OCH3 is 1. The Hall–Kier alpha value is -3.65. The lowest BCUT2D eigenvalue weighted by molar-refractivity contribution is -0.114. The SMILES string of the molecule is COc1ccc(NC(C)=O)cc1NC(=O)c1cccn(Cc2c(F)cccc2Cl)c1=O. The number of nitrogens with one attached hydrogen (secondary N) is 2. The van der Waals surface area contributed by atoms with Crippen LogP contribution in [0.2, 0.25) is 5.02 Å². The van der Waals surface area contributed by atoms with Crippen molar-refractivity contribution in [2.75, 3.05) is 17.7 Å². The van der Waals surface area contributed by atoms with Crippen LogP contribution in [0.25, 0.3) is 0 Å². The molecule has 160 valence electrons. The lowest BCUT2D eigenvalue weighted by Gasteiger charge is -2.13. The summed E-state index contributed by atoms with van der Waals surface area (Å²) in [6.45, 7) is 1.23. The molecule has 2 amide bonds. The minimum Gasteiger partial charge on any atom is -0.495 e. The summed E-state index contributed by atoms with van der Waals surface area (Å²) in [5.74, 6) is -1.16. The normalized spacial score (nSPS) is 10.5. The summed E-state index contributed by atoms with van der Waals surface area (Å²) in [6, 6.07) is 11.8. The topological polar surface area (TPSA) is 89.4 Å². The van der Waals surface area contributed by atoms with Crippen LogP contribution in [0.15, 0.2) is 59.5 Å². The number of carbonyl (C=O) groups is 2. The van der Waals surface area contributed by atoms with E-state index in [9.17, 15) is 18.8 Å². The predicted molar refractivity (Wildman–Crippen MR) is 116 cm³/mol. The minimum absolute atomic E-state index is 0.132. The Morgan fingerprint density at radius 3 is 2.58 bits per heavy atom. The molecular weight excluding hydrogens is 425 g/mol. The number of hydrogen-bond acceptors (Lipinski definition) is 4. The monoisotopic (exact) mass is 443 g/mol. The zero-order chi connectivity index (χ0) is 22.5. The van der Waals surface area contributed by atoms with Gasteiger partial charge in [-0.05, 0) is 42.5 Å². The van der Waals surface area contributed by atoms with Crippen LogP contribution in [0, 0.1) is 5.82 Å². The molecule has 0 atom stereocenters. The summed E-state index contributed by atoms with van der Waals surface area (Å²) < 4.78 is 20.5. The summed E-state index contributed by atoms with van der Waals surface area (Å²) in [7, 11) is 1.43. The minimum atomic E-state index is -0.683. The number of aromatic nitrogens is 1. The Morgan fingerprint density at radius 1 is 1.13 bits per heavy atom. The van der Waals surface area contributed by atoms with Gasteiger partial charge in [0, 0.05) is 29.4 Å². The van der Waals surface area contributed by atoms with E-state index in [1.165, 1.54) is 61.2 Å². The standard InChI is InChI=1S/C22H19ClFN3O4/c1-13(28)25-14-8-9-20(31-2)19(11-14)26-21(29)15-5-4-10-27(22(15)30)12-16-17(23)6-3-7-18(16)24/h3-11H,12H2,1-2H3,(H,25,28)(H,26,29). The number of carbonyl (C=O) groups excluding carboxylic acids is 2. The Labute approximate surface area is 182 Å². The molecule has 0 saturated heterocycles. The average molecular weight is 444 g/mol. The molecule has 7 nitrogen and oxygen atoms in total. The lowest BCUT2D eigenvalue weighted by Crippen LogP contribution is -2.29. The van der Waals surface area contributed by atoms with Crippen LogP contribution < -0.4 is 20.9 Å². The number of hydrogen-bond donors (Lipinski definition) is 2. The van der Waals surface area contributed by atoms with Gasteiger partial charge in [0.25, 0.3) is 11.5 Å². The predicted octanol–water partition coefficient (Wildman–Crippen LogP) is 3.91. The Balaban J connectivity index is 1.91. The Morgan fingerprint density at radius 2 is 1.90 bits per heavy atom. The first-order valence-electron chi connectivity index (χ1n) is 9.19. The second kappa shape index (κ2) is 9.44. The first kappa shape index (κ1) is 22.0. The van der Waals surface area contributed by atoms with E-state index in [2.05, 4.69) is 10.6 Å². The van der Waals surface area contributed by atoms with Crippen molar-refractivity contribution in [3.63, 3.8) is 0 Å². The van der Waals surface area contributed by atoms with Crippen LogP contribution in [0.3, 0.4) is 0 Å². The summed E-state index contributed by atoms with van der Waals surface area (Å²) >= 11 is 6.05. The zero-order valence-electron chi connectivity index (χ0n) is 16.7. The van der Waals surface area contributed by atoms with Gasteiger partial charge in [0.15, 0.2) is 0 Å². The number of pyridine rings is 1. The second-order valence-electron chi connectivity index (χ2n) is 6.61. The number of anilines is 2. The van der Waals surface area contributed by atoms with Gasteiger partial charge in [-0.1, -0.05) is 17.7 Å². The first-order valence-corrected chi connectivity index (χ1v) is 9.57. The van der Waals surface area contributed by atoms with Gasteiger partial charge in [0.2, 0.25) is 5.91 Å². The largest absolute Gasteiger partial charge is 0.495 e. The zero-order valence-corrected chi connectivity index (χ0v) is 17.5. The first-order chi connectivity index (χ1) is 14.8. The van der Waals surface area contributed by atoms with E-state index in [0.717, 1.165) is 0 Å². The maximum Gasteiger partial charge on any atom is 0.263 e. The van der Waals surface area contributed by atoms with Crippen molar-refractivity contribution in [1.29, 1.82) is 0 Å². The van der Waals surface area contributed by atoms with Crippen LogP contribution in [-0.4, -0.2) is 23.5 Å². The van der Waals surface area contributed by atoms with Gasteiger partial charge in [0.05, 0.1) is 19.3 Å². The van der Waals surface area contributed by atoms with Crippen molar-refractivity contribution in [2.45, 2.75) is 13.5 Å². The fourth-order valence-corrected chi connectivity index (χ4v) is 3.19. The van der Waals surface area contributed by atoms with Crippen LogP contribution in [0.4, 0.5) is 15.8 Å². The van der Waals surface area contributed by atoms with Crippen molar-refractivity contribution in [1.82, 2.24) is 4.57 Å². The molecule has 0 aliphatic heterocycles. The molecule has 0 saturated carbocycles. The third-order valence-electron chi connectivity index (χ3n) is 4.42. The highest BCUT2D eigenvalue weighted by Crippen LogP contribution is 2.28. The van der Waals surface area contributed by atoms with Gasteiger partial charge in [-0.3, -0.25) is 14.4 Å². The highest BCUT2D eigenvalue weighted by molar-refractivity contribution is 6.31. The van der Waals surface area contributed by atoms with E-state index in [0.29, 0.717) is 11.4 Å². The molecule has 0 bridgehead atoms. The van der Waals surface area contributed by atoms with E-state index in [4.69, 9.17) is 16.3 Å². The molecule has 31 heavy (non-hydrogen) atoms. The van der Waals surface area contributed by atoms with Crippen molar-refractivity contribution in [3.8, 4) is 5.75 Å². The van der Waals surface area contributed by atoms with Gasteiger partial charge in [-0.2, -0.15) is 0 Å². The summed E-state index contributed by atoms with van der Waals surface area (Å²) in [4.78, 5) is 36.9. The van der Waals surface area contributed by atoms with Crippen molar-refractivity contribution < 1.29 is 18.7 Å². The molecule has 0 spiro atoms. The van der Waals surface area contributed by atoms with Gasteiger partial charge >= 0.3 is 0 Å². The molecule has 3 rings (SSSR count). The van der Waals surface area contributed by atoms with Crippen LogP contribution >= 0.6 is 11.6 Å². The number of halogens is 2. The molecule has 0 fully saturated rings. The van der Waals surface area contributed by atoms with Crippen LogP contribution in [0.5, 0.6) is 5.75 Å². The quantitative estimate of drug-likeness (QED) is 0.604. The Bertz CT molecular complexity index is 1190. The summed E-state index contributed by atoms with van der Waals surface area (Å²) in [6.07, 6.45) is 1.44. The highest BCUT2D eigenvalue weighted by Gasteiger charge is 2.16. The van der Waals surface area contributed by atoms with Crippen molar-refractivity contribution in [3.05, 3.63) is 87.0 Å². The summed E-state index contributed by atoms with van der Waals surface area (Å²) in [5, 5.41) is 5.41. The molecule has 0 aliphatic rings. The van der Waals surface area contributed by atoms with E-state index in [1.807, 2.05) is 0 Å². The smallest absolute Gasteiger partial charge is 0.263 e. The molecule has 3 aromatic rings.